The Bertz CT molecular complexity index is 698. The van der Waals surface area contributed by atoms with Crippen LogP contribution in [-0.2, 0) is 16.6 Å². The molecule has 20 heavy (non-hydrogen) atoms. The van der Waals surface area contributed by atoms with Gasteiger partial charge in [0, 0.05) is 24.8 Å². The molecular formula is C11H15N5O2S2. The van der Waals surface area contributed by atoms with E-state index in [0.29, 0.717) is 11.4 Å². The van der Waals surface area contributed by atoms with Crippen molar-refractivity contribution in [3.8, 4) is 0 Å². The average molecular weight is 313 g/mol. The summed E-state index contributed by atoms with van der Waals surface area (Å²) in [6.45, 7) is 2.08. The van der Waals surface area contributed by atoms with Gasteiger partial charge in [-0.3, -0.25) is 10.8 Å². The zero-order valence-corrected chi connectivity index (χ0v) is 12.7. The van der Waals surface area contributed by atoms with E-state index in [2.05, 4.69) is 15.4 Å². The van der Waals surface area contributed by atoms with E-state index >= 15 is 0 Å². The fourth-order valence-corrected chi connectivity index (χ4v) is 3.51. The number of nitrogens with zero attached hydrogens (tertiary/aromatic N) is 3. The number of hydrazine groups is 1. The monoisotopic (exact) mass is 313 g/mol. The number of hydrogen-bond donors (Lipinski definition) is 2. The van der Waals surface area contributed by atoms with Crippen LogP contribution in [0.25, 0.3) is 0 Å². The van der Waals surface area contributed by atoms with Crippen LogP contribution in [0.15, 0.2) is 28.7 Å². The van der Waals surface area contributed by atoms with Gasteiger partial charge in [-0.25, -0.2) is 13.4 Å². The third-order valence-corrected chi connectivity index (χ3v) is 5.33. The van der Waals surface area contributed by atoms with Crippen LogP contribution in [0.2, 0.25) is 0 Å². The number of sulfonamides is 1. The second-order valence-corrected chi connectivity index (χ2v) is 7.21. The maximum Gasteiger partial charge on any atom is 0.246 e. The lowest BCUT2D eigenvalue weighted by Crippen LogP contribution is -2.28. The number of pyridine rings is 1. The summed E-state index contributed by atoms with van der Waals surface area (Å²) in [5, 5.41) is 2.74. The predicted octanol–water partition coefficient (Wildman–Crippen LogP) is 0.953. The van der Waals surface area contributed by atoms with Crippen molar-refractivity contribution in [2.75, 3.05) is 12.5 Å². The number of hydrogen-bond acceptors (Lipinski definition) is 7. The van der Waals surface area contributed by atoms with Gasteiger partial charge in [-0.05, 0) is 13.0 Å². The Kier molecular flexibility index (Phi) is 4.33. The lowest BCUT2D eigenvalue weighted by Gasteiger charge is -2.17. The second kappa shape index (κ2) is 5.83. The van der Waals surface area contributed by atoms with E-state index < -0.39 is 10.0 Å². The number of anilines is 1. The Morgan fingerprint density at radius 1 is 1.50 bits per heavy atom. The van der Waals surface area contributed by atoms with Gasteiger partial charge in [0.25, 0.3) is 0 Å². The minimum atomic E-state index is -3.68. The molecule has 2 aromatic rings. The molecule has 0 atom stereocenters. The minimum absolute atomic E-state index is 0.0388. The fraction of sp³-hybridized carbons (Fsp3) is 0.273. The van der Waals surface area contributed by atoms with Crippen molar-refractivity contribution in [2.45, 2.75) is 18.4 Å². The highest BCUT2D eigenvalue weighted by Gasteiger charge is 2.24. The Labute approximate surface area is 121 Å². The largest absolute Gasteiger partial charge is 0.323 e. The van der Waals surface area contributed by atoms with Crippen LogP contribution >= 0.6 is 11.3 Å². The summed E-state index contributed by atoms with van der Waals surface area (Å²) in [4.78, 5) is 8.13. The van der Waals surface area contributed by atoms with Crippen LogP contribution in [0.3, 0.4) is 0 Å². The first kappa shape index (κ1) is 14.9. The molecule has 0 amide bonds. The summed E-state index contributed by atoms with van der Waals surface area (Å²) < 4.78 is 26.2. The molecule has 0 aliphatic carbocycles. The highest BCUT2D eigenvalue weighted by molar-refractivity contribution is 7.89. The van der Waals surface area contributed by atoms with Crippen molar-refractivity contribution in [1.29, 1.82) is 0 Å². The van der Waals surface area contributed by atoms with Gasteiger partial charge >= 0.3 is 0 Å². The molecule has 0 radical (unpaired) electrons. The van der Waals surface area contributed by atoms with Gasteiger partial charge in [0.15, 0.2) is 0 Å². The molecule has 2 rings (SSSR count). The highest BCUT2D eigenvalue weighted by atomic mass is 32.2. The standard InChI is InChI=1S/C11H15N5O2S2/c1-8-14-9(7-19-8)6-16(2)20(17,18)11-5-13-4-3-10(11)15-12/h3-5,7H,6,12H2,1-2H3,(H,13,15). The van der Waals surface area contributed by atoms with Gasteiger partial charge in [0.2, 0.25) is 10.0 Å². The predicted molar refractivity (Wildman–Crippen MR) is 77.6 cm³/mol. The van der Waals surface area contributed by atoms with E-state index in [0.717, 1.165) is 5.01 Å². The average Bonchev–Trinajstić information content (AvgIpc) is 2.84. The molecular weight excluding hydrogens is 298 g/mol. The van der Waals surface area contributed by atoms with Crippen LogP contribution in [-0.4, -0.2) is 29.7 Å². The maximum absolute atomic E-state index is 12.5. The van der Waals surface area contributed by atoms with Gasteiger partial charge in [0.1, 0.15) is 4.90 Å². The summed E-state index contributed by atoms with van der Waals surface area (Å²) in [6, 6.07) is 1.51. The molecule has 0 spiro atoms. The Hall–Kier alpha value is -1.55. The first-order chi connectivity index (χ1) is 9.45. The quantitative estimate of drug-likeness (QED) is 0.629. The summed E-state index contributed by atoms with van der Waals surface area (Å²) in [5.41, 5.74) is 3.38. The SMILES string of the molecule is Cc1nc(CN(C)S(=O)(=O)c2cnccc2NN)cs1. The Morgan fingerprint density at radius 2 is 2.25 bits per heavy atom. The zero-order chi connectivity index (χ0) is 14.8. The molecule has 7 nitrogen and oxygen atoms in total. The highest BCUT2D eigenvalue weighted by Crippen LogP contribution is 2.23. The van der Waals surface area contributed by atoms with Crippen LogP contribution in [0.4, 0.5) is 5.69 Å². The van der Waals surface area contributed by atoms with Gasteiger partial charge in [-0.2, -0.15) is 4.31 Å². The van der Waals surface area contributed by atoms with Crippen LogP contribution < -0.4 is 11.3 Å². The number of nitrogens with two attached hydrogens (primary N) is 1. The molecule has 0 aliphatic heterocycles. The molecule has 0 unspecified atom stereocenters. The molecule has 2 heterocycles. The molecule has 0 aliphatic rings. The van der Waals surface area contributed by atoms with Crippen LogP contribution in [0.1, 0.15) is 10.7 Å². The molecule has 2 aromatic heterocycles. The number of nitrogen functional groups attached to an aromatic ring is 1. The first-order valence-corrected chi connectivity index (χ1v) is 8.05. The molecule has 0 saturated carbocycles. The van der Waals surface area contributed by atoms with E-state index in [1.165, 1.54) is 41.1 Å². The number of nitrogens with one attached hydrogen (secondary N) is 1. The topological polar surface area (TPSA) is 101 Å². The van der Waals surface area contributed by atoms with Gasteiger partial charge in [-0.1, -0.05) is 0 Å². The number of aromatic nitrogens is 2. The fourth-order valence-electron chi connectivity index (χ4n) is 1.67. The number of aryl methyl sites for hydroxylation is 1. The second-order valence-electron chi connectivity index (χ2n) is 4.14. The van der Waals surface area contributed by atoms with Gasteiger partial charge in [-0.15, -0.1) is 11.3 Å². The number of thiazole rings is 1. The van der Waals surface area contributed by atoms with E-state index in [-0.39, 0.29) is 11.4 Å². The van der Waals surface area contributed by atoms with Crippen molar-refractivity contribution in [3.05, 3.63) is 34.5 Å². The van der Waals surface area contributed by atoms with Crippen LogP contribution in [0.5, 0.6) is 0 Å². The van der Waals surface area contributed by atoms with E-state index in [1.54, 1.807) is 0 Å². The Balaban J connectivity index is 2.29. The molecule has 9 heteroatoms. The third-order valence-electron chi connectivity index (χ3n) is 2.68. The lowest BCUT2D eigenvalue weighted by molar-refractivity contribution is 0.463. The summed E-state index contributed by atoms with van der Waals surface area (Å²) >= 11 is 1.48. The zero-order valence-electron chi connectivity index (χ0n) is 11.1. The molecule has 0 saturated heterocycles. The summed E-state index contributed by atoms with van der Waals surface area (Å²) in [7, 11) is -2.18. The van der Waals surface area contributed by atoms with Crippen molar-refractivity contribution in [1.82, 2.24) is 14.3 Å². The first-order valence-electron chi connectivity index (χ1n) is 5.73. The van der Waals surface area contributed by atoms with E-state index in [9.17, 15) is 8.42 Å². The molecule has 0 fully saturated rings. The van der Waals surface area contributed by atoms with E-state index in [1.807, 2.05) is 12.3 Å². The Morgan fingerprint density at radius 3 is 2.85 bits per heavy atom. The van der Waals surface area contributed by atoms with Crippen LogP contribution in [0, 0.1) is 6.92 Å². The lowest BCUT2D eigenvalue weighted by atomic mass is 10.4. The van der Waals surface area contributed by atoms with Crippen molar-refractivity contribution < 1.29 is 8.42 Å². The van der Waals surface area contributed by atoms with Crippen molar-refractivity contribution in [2.24, 2.45) is 5.84 Å². The normalized spacial score (nSPS) is 11.8. The number of rotatable bonds is 5. The molecule has 0 bridgehead atoms. The summed E-state index contributed by atoms with van der Waals surface area (Å²) in [5.74, 6) is 5.33. The van der Waals surface area contributed by atoms with Gasteiger partial charge in [0.05, 0.1) is 22.9 Å². The van der Waals surface area contributed by atoms with Crippen molar-refractivity contribution in [3.63, 3.8) is 0 Å². The molecule has 108 valence electrons. The van der Waals surface area contributed by atoms with Crippen molar-refractivity contribution >= 4 is 27.0 Å². The minimum Gasteiger partial charge on any atom is -0.323 e. The third kappa shape index (κ3) is 2.96. The van der Waals surface area contributed by atoms with Gasteiger partial charge < -0.3 is 5.43 Å². The smallest absolute Gasteiger partial charge is 0.246 e. The molecule has 3 N–H and O–H groups in total. The van der Waals surface area contributed by atoms with E-state index in [4.69, 9.17) is 5.84 Å². The summed E-state index contributed by atoms with van der Waals surface area (Å²) in [6.07, 6.45) is 2.74. The maximum atomic E-state index is 12.5. The molecule has 0 aromatic carbocycles.